The first-order valence-electron chi connectivity index (χ1n) is 7.00. The summed E-state index contributed by atoms with van der Waals surface area (Å²) in [5.41, 5.74) is 2.55. The van der Waals surface area contributed by atoms with Gasteiger partial charge in [-0.3, -0.25) is 0 Å². The number of carboxylic acids is 1. The van der Waals surface area contributed by atoms with Gasteiger partial charge in [-0.1, -0.05) is 0 Å². The Hall–Kier alpha value is -1.85. The first-order valence-corrected chi connectivity index (χ1v) is 7.00. The van der Waals surface area contributed by atoms with Gasteiger partial charge in [-0.2, -0.15) is 0 Å². The van der Waals surface area contributed by atoms with Crippen LogP contribution in [0.2, 0.25) is 0 Å². The van der Waals surface area contributed by atoms with Crippen LogP contribution in [-0.2, 0) is 6.42 Å². The van der Waals surface area contributed by atoms with Crippen molar-refractivity contribution in [3.63, 3.8) is 0 Å². The maximum Gasteiger partial charge on any atom is 0.335 e. The van der Waals surface area contributed by atoms with Gasteiger partial charge in [-0.15, -0.1) is 0 Å². The standard InChI is InChI=1S/C15H19N3O2/c19-15(20)11-1-2-14-13(9-11)12(10-17-14)3-6-18-7-4-16-5-8-18/h1-2,9-10,16-17H,3-8H2,(H,19,20). The third kappa shape index (κ3) is 2.69. The lowest BCUT2D eigenvalue weighted by Crippen LogP contribution is -2.44. The Kier molecular flexibility index (Phi) is 3.71. The summed E-state index contributed by atoms with van der Waals surface area (Å²) in [4.78, 5) is 16.7. The van der Waals surface area contributed by atoms with Gasteiger partial charge in [0.05, 0.1) is 5.56 Å². The van der Waals surface area contributed by atoms with Gasteiger partial charge in [0.1, 0.15) is 0 Å². The van der Waals surface area contributed by atoms with Crippen LogP contribution >= 0.6 is 0 Å². The van der Waals surface area contributed by atoms with Gasteiger partial charge in [0.25, 0.3) is 0 Å². The first-order chi connectivity index (χ1) is 9.74. The van der Waals surface area contributed by atoms with E-state index in [2.05, 4.69) is 15.2 Å². The summed E-state index contributed by atoms with van der Waals surface area (Å²) in [5.74, 6) is -0.874. The van der Waals surface area contributed by atoms with E-state index in [1.54, 1.807) is 12.1 Å². The summed E-state index contributed by atoms with van der Waals surface area (Å²) in [6.07, 6.45) is 2.95. The van der Waals surface area contributed by atoms with Crippen molar-refractivity contribution < 1.29 is 9.90 Å². The molecule has 0 saturated carbocycles. The van der Waals surface area contributed by atoms with Crippen molar-refractivity contribution in [2.75, 3.05) is 32.7 Å². The molecule has 2 heterocycles. The van der Waals surface area contributed by atoms with E-state index in [1.165, 1.54) is 5.56 Å². The van der Waals surface area contributed by atoms with Crippen molar-refractivity contribution in [1.82, 2.24) is 15.2 Å². The topological polar surface area (TPSA) is 68.4 Å². The largest absolute Gasteiger partial charge is 0.478 e. The molecule has 0 atom stereocenters. The van der Waals surface area contributed by atoms with E-state index in [0.717, 1.165) is 50.0 Å². The third-order valence-corrected chi connectivity index (χ3v) is 3.92. The van der Waals surface area contributed by atoms with Crippen LogP contribution in [-0.4, -0.2) is 53.7 Å². The normalized spacial score (nSPS) is 16.6. The molecule has 0 amide bonds. The van der Waals surface area contributed by atoms with Crippen LogP contribution in [0.1, 0.15) is 15.9 Å². The number of benzene rings is 1. The van der Waals surface area contributed by atoms with Crippen LogP contribution in [0.15, 0.2) is 24.4 Å². The Bertz CT molecular complexity index is 615. The highest BCUT2D eigenvalue weighted by atomic mass is 16.4. The number of H-pyrrole nitrogens is 1. The molecule has 3 N–H and O–H groups in total. The van der Waals surface area contributed by atoms with E-state index >= 15 is 0 Å². The second-order valence-corrected chi connectivity index (χ2v) is 5.22. The summed E-state index contributed by atoms with van der Waals surface area (Å²) in [5, 5.41) is 13.5. The molecule has 0 bridgehead atoms. The minimum Gasteiger partial charge on any atom is -0.478 e. The Morgan fingerprint density at radius 1 is 1.30 bits per heavy atom. The van der Waals surface area contributed by atoms with Crippen molar-refractivity contribution in [2.24, 2.45) is 0 Å². The van der Waals surface area contributed by atoms with Crippen LogP contribution < -0.4 is 5.32 Å². The van der Waals surface area contributed by atoms with E-state index in [1.807, 2.05) is 12.3 Å². The van der Waals surface area contributed by atoms with Crippen LogP contribution in [0.25, 0.3) is 10.9 Å². The molecule has 2 aromatic rings. The summed E-state index contributed by atoms with van der Waals surface area (Å²) >= 11 is 0. The molecule has 20 heavy (non-hydrogen) atoms. The van der Waals surface area contributed by atoms with Gasteiger partial charge in [-0.25, -0.2) is 4.79 Å². The summed E-state index contributed by atoms with van der Waals surface area (Å²) < 4.78 is 0. The number of aromatic carboxylic acids is 1. The van der Waals surface area contributed by atoms with Crippen LogP contribution in [0.3, 0.4) is 0 Å². The molecule has 1 aromatic carbocycles. The molecule has 3 rings (SSSR count). The second-order valence-electron chi connectivity index (χ2n) is 5.22. The third-order valence-electron chi connectivity index (χ3n) is 3.92. The van der Waals surface area contributed by atoms with E-state index < -0.39 is 5.97 Å². The predicted molar refractivity (Wildman–Crippen MR) is 78.3 cm³/mol. The molecule has 106 valence electrons. The zero-order valence-electron chi connectivity index (χ0n) is 11.4. The highest BCUT2D eigenvalue weighted by molar-refractivity contribution is 5.94. The highest BCUT2D eigenvalue weighted by Gasteiger charge is 2.12. The van der Waals surface area contributed by atoms with Gasteiger partial charge >= 0.3 is 5.97 Å². The summed E-state index contributed by atoms with van der Waals surface area (Å²) in [6, 6.07) is 5.25. The zero-order valence-corrected chi connectivity index (χ0v) is 11.4. The Balaban J connectivity index is 1.76. The molecular formula is C15H19N3O2. The Morgan fingerprint density at radius 3 is 2.85 bits per heavy atom. The molecule has 5 nitrogen and oxygen atoms in total. The maximum absolute atomic E-state index is 11.1. The number of hydrogen-bond donors (Lipinski definition) is 3. The SMILES string of the molecule is O=C(O)c1ccc2[nH]cc(CCN3CCNCC3)c2c1. The summed E-state index contributed by atoms with van der Waals surface area (Å²) in [6.45, 7) is 5.30. The molecule has 1 aliphatic rings. The molecule has 1 aliphatic heterocycles. The number of rotatable bonds is 4. The van der Waals surface area contributed by atoms with Crippen molar-refractivity contribution in [3.05, 3.63) is 35.5 Å². The van der Waals surface area contributed by atoms with Gasteiger partial charge in [0.2, 0.25) is 0 Å². The monoisotopic (exact) mass is 273 g/mol. The first kappa shape index (κ1) is 13.1. The van der Waals surface area contributed by atoms with Gasteiger partial charge in [0, 0.05) is 49.8 Å². The summed E-state index contributed by atoms with van der Waals surface area (Å²) in [7, 11) is 0. The van der Waals surface area contributed by atoms with Crippen molar-refractivity contribution in [1.29, 1.82) is 0 Å². The molecule has 1 fully saturated rings. The lowest BCUT2D eigenvalue weighted by molar-refractivity contribution is 0.0697. The molecule has 0 radical (unpaired) electrons. The Labute approximate surface area is 117 Å². The Morgan fingerprint density at radius 2 is 2.10 bits per heavy atom. The number of nitrogens with one attached hydrogen (secondary N) is 2. The molecular weight excluding hydrogens is 254 g/mol. The van der Waals surface area contributed by atoms with E-state index in [-0.39, 0.29) is 0 Å². The van der Waals surface area contributed by atoms with E-state index in [0.29, 0.717) is 5.56 Å². The minimum atomic E-state index is -0.874. The molecule has 1 saturated heterocycles. The second kappa shape index (κ2) is 5.64. The number of carboxylic acid groups (broad SMARTS) is 1. The van der Waals surface area contributed by atoms with Crippen LogP contribution in [0.5, 0.6) is 0 Å². The molecule has 0 unspecified atom stereocenters. The lowest BCUT2D eigenvalue weighted by Gasteiger charge is -2.26. The number of carbonyl (C=O) groups is 1. The fourth-order valence-corrected chi connectivity index (χ4v) is 2.73. The highest BCUT2D eigenvalue weighted by Crippen LogP contribution is 2.20. The number of aromatic nitrogens is 1. The number of hydrogen-bond acceptors (Lipinski definition) is 3. The van der Waals surface area contributed by atoms with Gasteiger partial charge in [0.15, 0.2) is 0 Å². The quantitative estimate of drug-likeness (QED) is 0.786. The predicted octanol–water partition coefficient (Wildman–Crippen LogP) is 1.31. The molecule has 0 aliphatic carbocycles. The van der Waals surface area contributed by atoms with E-state index in [4.69, 9.17) is 5.11 Å². The zero-order chi connectivity index (χ0) is 13.9. The van der Waals surface area contributed by atoms with Crippen molar-refractivity contribution in [2.45, 2.75) is 6.42 Å². The molecule has 5 heteroatoms. The van der Waals surface area contributed by atoms with Crippen molar-refractivity contribution >= 4 is 16.9 Å². The lowest BCUT2D eigenvalue weighted by atomic mass is 10.1. The van der Waals surface area contributed by atoms with Gasteiger partial charge in [-0.05, 0) is 30.2 Å². The number of aromatic amines is 1. The molecule has 1 aromatic heterocycles. The maximum atomic E-state index is 11.1. The van der Waals surface area contributed by atoms with Gasteiger partial charge < -0.3 is 20.3 Å². The average Bonchev–Trinajstić information content (AvgIpc) is 2.88. The average molecular weight is 273 g/mol. The number of piperazine rings is 1. The van der Waals surface area contributed by atoms with Crippen LogP contribution in [0, 0.1) is 0 Å². The number of nitrogens with zero attached hydrogens (tertiary/aromatic N) is 1. The van der Waals surface area contributed by atoms with Crippen LogP contribution in [0.4, 0.5) is 0 Å². The van der Waals surface area contributed by atoms with Crippen molar-refractivity contribution in [3.8, 4) is 0 Å². The molecule has 0 spiro atoms. The minimum absolute atomic E-state index is 0.348. The smallest absolute Gasteiger partial charge is 0.335 e. The number of fused-ring (bicyclic) bond motifs is 1. The van der Waals surface area contributed by atoms with E-state index in [9.17, 15) is 4.79 Å². The fraction of sp³-hybridized carbons (Fsp3) is 0.400. The fourth-order valence-electron chi connectivity index (χ4n) is 2.73.